The first-order valence-corrected chi connectivity index (χ1v) is 7.29. The summed E-state index contributed by atoms with van der Waals surface area (Å²) in [5.74, 6) is -0.625. The van der Waals surface area contributed by atoms with Gasteiger partial charge in [-0.1, -0.05) is 32.4 Å². The van der Waals surface area contributed by atoms with E-state index >= 15 is 0 Å². The van der Waals surface area contributed by atoms with Gasteiger partial charge in [-0.3, -0.25) is 0 Å². The SMILES string of the molecule is CCC(C)CN(CC)C(=O)Nc1cccc(C)c1C(=O)O. The Hall–Kier alpha value is -2.04. The third-order valence-corrected chi connectivity index (χ3v) is 3.63. The van der Waals surface area contributed by atoms with Crippen LogP contribution in [0.3, 0.4) is 0 Å². The first-order valence-electron chi connectivity index (χ1n) is 7.29. The molecule has 0 aromatic heterocycles. The number of hydrogen-bond donors (Lipinski definition) is 2. The molecule has 5 heteroatoms. The first-order chi connectivity index (χ1) is 9.90. The van der Waals surface area contributed by atoms with E-state index < -0.39 is 5.97 Å². The molecule has 1 aromatic rings. The zero-order valence-corrected chi connectivity index (χ0v) is 13.1. The zero-order valence-electron chi connectivity index (χ0n) is 13.1. The predicted molar refractivity (Wildman–Crippen MR) is 83.9 cm³/mol. The molecule has 5 nitrogen and oxygen atoms in total. The second-order valence-electron chi connectivity index (χ2n) is 5.28. The summed E-state index contributed by atoms with van der Waals surface area (Å²) in [6.45, 7) is 9.05. The molecule has 0 aliphatic carbocycles. The predicted octanol–water partition coefficient (Wildman–Crippen LogP) is 3.59. The van der Waals surface area contributed by atoms with Crippen molar-refractivity contribution in [2.24, 2.45) is 5.92 Å². The largest absolute Gasteiger partial charge is 0.478 e. The molecule has 1 rings (SSSR count). The van der Waals surface area contributed by atoms with Gasteiger partial charge in [0.05, 0.1) is 11.3 Å². The van der Waals surface area contributed by atoms with Gasteiger partial charge in [0.25, 0.3) is 0 Å². The van der Waals surface area contributed by atoms with Gasteiger partial charge in [-0.15, -0.1) is 0 Å². The molecule has 1 atom stereocenters. The molecule has 0 bridgehead atoms. The maximum Gasteiger partial charge on any atom is 0.338 e. The van der Waals surface area contributed by atoms with Gasteiger partial charge in [0.2, 0.25) is 0 Å². The summed E-state index contributed by atoms with van der Waals surface area (Å²) >= 11 is 0. The van der Waals surface area contributed by atoms with Gasteiger partial charge in [0.15, 0.2) is 0 Å². The van der Waals surface area contributed by atoms with Crippen LogP contribution < -0.4 is 5.32 Å². The number of benzene rings is 1. The van der Waals surface area contributed by atoms with Crippen LogP contribution in [0.1, 0.15) is 43.1 Å². The van der Waals surface area contributed by atoms with Crippen LogP contribution in [0.5, 0.6) is 0 Å². The summed E-state index contributed by atoms with van der Waals surface area (Å²) in [4.78, 5) is 25.3. The molecule has 0 fully saturated rings. The third-order valence-electron chi connectivity index (χ3n) is 3.63. The lowest BCUT2D eigenvalue weighted by atomic mass is 10.1. The second kappa shape index (κ2) is 7.67. The van der Waals surface area contributed by atoms with E-state index in [2.05, 4.69) is 19.2 Å². The van der Waals surface area contributed by atoms with E-state index in [0.717, 1.165) is 6.42 Å². The number of carbonyl (C=O) groups excluding carboxylic acids is 1. The fourth-order valence-corrected chi connectivity index (χ4v) is 2.11. The number of aromatic carboxylic acids is 1. The van der Waals surface area contributed by atoms with Crippen LogP contribution in [0, 0.1) is 12.8 Å². The lowest BCUT2D eigenvalue weighted by molar-refractivity contribution is 0.0697. The number of carboxylic acid groups (broad SMARTS) is 1. The Morgan fingerprint density at radius 2 is 2.00 bits per heavy atom. The van der Waals surface area contributed by atoms with Gasteiger partial charge in [0.1, 0.15) is 0 Å². The highest BCUT2D eigenvalue weighted by Crippen LogP contribution is 2.20. The highest BCUT2D eigenvalue weighted by molar-refractivity contribution is 6.01. The van der Waals surface area contributed by atoms with Crippen LogP contribution >= 0.6 is 0 Å². The van der Waals surface area contributed by atoms with Crippen molar-refractivity contribution in [3.8, 4) is 0 Å². The van der Waals surface area contributed by atoms with Gasteiger partial charge < -0.3 is 15.3 Å². The minimum absolute atomic E-state index is 0.144. The highest BCUT2D eigenvalue weighted by Gasteiger charge is 2.18. The molecule has 0 saturated carbocycles. The molecule has 0 radical (unpaired) electrons. The van der Waals surface area contributed by atoms with Crippen molar-refractivity contribution < 1.29 is 14.7 Å². The number of amides is 2. The van der Waals surface area contributed by atoms with Crippen molar-refractivity contribution >= 4 is 17.7 Å². The summed E-state index contributed by atoms with van der Waals surface area (Å²) in [6.07, 6.45) is 0.995. The molecule has 0 aliphatic heterocycles. The maximum atomic E-state index is 12.3. The van der Waals surface area contributed by atoms with Crippen molar-refractivity contribution in [1.82, 2.24) is 4.90 Å². The summed E-state index contributed by atoms with van der Waals surface area (Å²) < 4.78 is 0. The number of rotatable bonds is 6. The Labute approximate surface area is 126 Å². The second-order valence-corrected chi connectivity index (χ2v) is 5.28. The monoisotopic (exact) mass is 292 g/mol. The quantitative estimate of drug-likeness (QED) is 0.841. The summed E-state index contributed by atoms with van der Waals surface area (Å²) in [5, 5.41) is 12.0. The minimum atomic E-state index is -1.03. The molecule has 0 aliphatic rings. The van der Waals surface area contributed by atoms with E-state index in [0.29, 0.717) is 30.3 Å². The topological polar surface area (TPSA) is 69.6 Å². The number of urea groups is 1. The molecule has 2 N–H and O–H groups in total. The molecule has 1 unspecified atom stereocenters. The number of carbonyl (C=O) groups is 2. The summed E-state index contributed by atoms with van der Waals surface area (Å²) in [7, 11) is 0. The number of nitrogens with zero attached hydrogens (tertiary/aromatic N) is 1. The van der Waals surface area contributed by atoms with E-state index in [1.54, 1.807) is 30.0 Å². The van der Waals surface area contributed by atoms with Crippen molar-refractivity contribution in [2.75, 3.05) is 18.4 Å². The van der Waals surface area contributed by atoms with Gasteiger partial charge >= 0.3 is 12.0 Å². The van der Waals surface area contributed by atoms with Crippen LogP contribution in [-0.2, 0) is 0 Å². The number of anilines is 1. The van der Waals surface area contributed by atoms with Crippen LogP contribution in [0.2, 0.25) is 0 Å². The van der Waals surface area contributed by atoms with Crippen molar-refractivity contribution in [3.63, 3.8) is 0 Å². The van der Waals surface area contributed by atoms with E-state index in [1.165, 1.54) is 0 Å². The van der Waals surface area contributed by atoms with Gasteiger partial charge in [0, 0.05) is 13.1 Å². The van der Waals surface area contributed by atoms with E-state index in [4.69, 9.17) is 0 Å². The van der Waals surface area contributed by atoms with Gasteiger partial charge in [-0.2, -0.15) is 0 Å². The molecular formula is C16H24N2O3. The third kappa shape index (κ3) is 4.48. The Bertz CT molecular complexity index is 514. The fraction of sp³-hybridized carbons (Fsp3) is 0.500. The smallest absolute Gasteiger partial charge is 0.338 e. The van der Waals surface area contributed by atoms with Crippen LogP contribution in [0.15, 0.2) is 18.2 Å². The lowest BCUT2D eigenvalue weighted by Gasteiger charge is -2.25. The Balaban J connectivity index is 2.92. The number of aryl methyl sites for hydroxylation is 1. The van der Waals surface area contributed by atoms with Gasteiger partial charge in [-0.25, -0.2) is 9.59 Å². The Morgan fingerprint density at radius 3 is 2.52 bits per heavy atom. The van der Waals surface area contributed by atoms with Crippen molar-refractivity contribution in [2.45, 2.75) is 34.1 Å². The standard InChI is InChI=1S/C16H24N2O3/c1-5-11(3)10-18(6-2)16(21)17-13-9-7-8-12(4)14(13)15(19)20/h7-9,11H,5-6,10H2,1-4H3,(H,17,21)(H,19,20). The lowest BCUT2D eigenvalue weighted by Crippen LogP contribution is -2.38. The van der Waals surface area contributed by atoms with Crippen molar-refractivity contribution in [1.29, 1.82) is 0 Å². The van der Waals surface area contributed by atoms with E-state index in [1.807, 2.05) is 6.92 Å². The fourth-order valence-electron chi connectivity index (χ4n) is 2.11. The van der Waals surface area contributed by atoms with Gasteiger partial charge in [-0.05, 0) is 31.4 Å². The van der Waals surface area contributed by atoms with Crippen molar-refractivity contribution in [3.05, 3.63) is 29.3 Å². The average molecular weight is 292 g/mol. The molecule has 0 saturated heterocycles. The van der Waals surface area contributed by atoms with Crippen LogP contribution in [-0.4, -0.2) is 35.1 Å². The highest BCUT2D eigenvalue weighted by atomic mass is 16.4. The number of hydrogen-bond acceptors (Lipinski definition) is 2. The molecule has 0 heterocycles. The normalized spacial score (nSPS) is 11.8. The van der Waals surface area contributed by atoms with E-state index in [-0.39, 0.29) is 11.6 Å². The Kier molecular flexibility index (Phi) is 6.21. The molecule has 116 valence electrons. The van der Waals surface area contributed by atoms with Crippen LogP contribution in [0.25, 0.3) is 0 Å². The maximum absolute atomic E-state index is 12.3. The van der Waals surface area contributed by atoms with Crippen LogP contribution in [0.4, 0.5) is 10.5 Å². The molecule has 2 amide bonds. The first kappa shape index (κ1) is 17.0. The summed E-state index contributed by atoms with van der Waals surface area (Å²) in [5.41, 5.74) is 1.12. The Morgan fingerprint density at radius 1 is 1.33 bits per heavy atom. The molecule has 21 heavy (non-hydrogen) atoms. The average Bonchev–Trinajstić information content (AvgIpc) is 2.43. The molecular weight excluding hydrogens is 268 g/mol. The number of nitrogens with one attached hydrogen (secondary N) is 1. The minimum Gasteiger partial charge on any atom is -0.478 e. The van der Waals surface area contributed by atoms with E-state index in [9.17, 15) is 14.7 Å². The molecule has 0 spiro atoms. The number of carboxylic acids is 1. The zero-order chi connectivity index (χ0) is 16.0. The summed E-state index contributed by atoms with van der Waals surface area (Å²) in [6, 6.07) is 4.81. The molecule has 1 aromatic carbocycles.